The molecule has 1 amide bonds. The lowest BCUT2D eigenvalue weighted by molar-refractivity contribution is -0.0241. The van der Waals surface area contributed by atoms with Gasteiger partial charge in [-0.3, -0.25) is 4.79 Å². The summed E-state index contributed by atoms with van der Waals surface area (Å²) in [7, 11) is 0. The fraction of sp³-hybridized carbons (Fsp3) is 0.765. The normalized spacial score (nSPS) is 23.5. The summed E-state index contributed by atoms with van der Waals surface area (Å²) in [6.45, 7) is 6.93. The quantitative estimate of drug-likeness (QED) is 0.922. The van der Waals surface area contributed by atoms with E-state index >= 15 is 0 Å². The van der Waals surface area contributed by atoms with Crippen LogP contribution in [0.2, 0.25) is 0 Å². The molecule has 0 bridgehead atoms. The molecule has 1 unspecified atom stereocenters. The second kappa shape index (κ2) is 6.24. The Balaban J connectivity index is 1.59. The molecule has 1 spiro atoms. The Morgan fingerprint density at radius 3 is 2.87 bits per heavy atom. The van der Waals surface area contributed by atoms with Crippen molar-refractivity contribution in [1.29, 1.82) is 0 Å². The highest BCUT2D eigenvalue weighted by Crippen LogP contribution is 2.41. The molecule has 1 aliphatic carbocycles. The summed E-state index contributed by atoms with van der Waals surface area (Å²) in [6.07, 6.45) is 5.27. The first kappa shape index (κ1) is 16.5. The van der Waals surface area contributed by atoms with Crippen LogP contribution in [-0.4, -0.2) is 34.9 Å². The zero-order valence-corrected chi connectivity index (χ0v) is 14.2. The number of aromatic nitrogens is 1. The van der Waals surface area contributed by atoms with Gasteiger partial charge in [0, 0.05) is 12.7 Å². The van der Waals surface area contributed by atoms with E-state index in [4.69, 9.17) is 14.0 Å². The van der Waals surface area contributed by atoms with Crippen LogP contribution in [0.5, 0.6) is 0 Å². The smallest absolute Gasteiger partial charge is 0.273 e. The average Bonchev–Trinajstić information content (AvgIpc) is 3.20. The molecular formula is C17H26N2O4. The topological polar surface area (TPSA) is 73.6 Å². The number of carbonyl (C=O) groups excluding carboxylic acids is 1. The van der Waals surface area contributed by atoms with E-state index in [1.165, 1.54) is 12.8 Å². The minimum absolute atomic E-state index is 0.0727. The molecule has 6 heteroatoms. The van der Waals surface area contributed by atoms with E-state index in [0.717, 1.165) is 19.3 Å². The van der Waals surface area contributed by atoms with Gasteiger partial charge < -0.3 is 19.3 Å². The Bertz CT molecular complexity index is 550. The van der Waals surface area contributed by atoms with Crippen molar-refractivity contribution in [2.24, 2.45) is 0 Å². The van der Waals surface area contributed by atoms with Crippen LogP contribution in [0.3, 0.4) is 0 Å². The van der Waals surface area contributed by atoms with Gasteiger partial charge in [-0.05, 0) is 40.0 Å². The summed E-state index contributed by atoms with van der Waals surface area (Å²) in [6, 6.07) is 1.72. The Kier molecular flexibility index (Phi) is 4.47. The van der Waals surface area contributed by atoms with Gasteiger partial charge in [-0.1, -0.05) is 18.0 Å². The fourth-order valence-corrected chi connectivity index (χ4v) is 3.42. The molecule has 1 aromatic heterocycles. The molecule has 1 saturated carbocycles. The van der Waals surface area contributed by atoms with Crippen molar-refractivity contribution in [1.82, 2.24) is 10.5 Å². The second-order valence-electron chi connectivity index (χ2n) is 7.51. The first-order valence-electron chi connectivity index (χ1n) is 8.42. The van der Waals surface area contributed by atoms with Crippen molar-refractivity contribution in [2.45, 2.75) is 76.7 Å². The van der Waals surface area contributed by atoms with E-state index in [1.807, 2.05) is 20.8 Å². The van der Waals surface area contributed by atoms with Gasteiger partial charge >= 0.3 is 0 Å². The van der Waals surface area contributed by atoms with Crippen molar-refractivity contribution >= 4 is 5.91 Å². The van der Waals surface area contributed by atoms with E-state index in [0.29, 0.717) is 24.7 Å². The number of nitrogens with one attached hydrogen (secondary N) is 1. The molecule has 23 heavy (non-hydrogen) atoms. The van der Waals surface area contributed by atoms with Crippen LogP contribution < -0.4 is 5.32 Å². The van der Waals surface area contributed by atoms with Crippen LogP contribution in [-0.2, 0) is 16.1 Å². The van der Waals surface area contributed by atoms with Gasteiger partial charge in [0.15, 0.2) is 11.5 Å². The molecule has 0 radical (unpaired) electrons. The Labute approximate surface area is 136 Å². The van der Waals surface area contributed by atoms with Crippen molar-refractivity contribution in [3.8, 4) is 0 Å². The van der Waals surface area contributed by atoms with Crippen LogP contribution in [0.1, 0.15) is 69.1 Å². The van der Waals surface area contributed by atoms with Crippen molar-refractivity contribution in [3.63, 3.8) is 0 Å². The zero-order valence-electron chi connectivity index (χ0n) is 14.2. The first-order valence-corrected chi connectivity index (χ1v) is 8.42. The Morgan fingerprint density at radius 1 is 1.43 bits per heavy atom. The van der Waals surface area contributed by atoms with E-state index in [1.54, 1.807) is 6.07 Å². The second-order valence-corrected chi connectivity index (χ2v) is 7.51. The highest BCUT2D eigenvalue weighted by molar-refractivity contribution is 5.92. The standard InChI is InChI=1S/C17H26N2O4/c1-16(2,3)22-11-12-10-13(19-23-12)15(20)18-14-6-9-21-17(14)7-4-5-8-17/h10,14H,4-9,11H2,1-3H3,(H,18,20). The lowest BCUT2D eigenvalue weighted by Gasteiger charge is -2.30. The van der Waals surface area contributed by atoms with Crippen LogP contribution in [0.15, 0.2) is 10.6 Å². The molecule has 0 aromatic carbocycles. The van der Waals surface area contributed by atoms with E-state index in [-0.39, 0.29) is 23.2 Å². The zero-order chi connectivity index (χ0) is 16.5. The lowest BCUT2D eigenvalue weighted by atomic mass is 9.92. The molecule has 1 saturated heterocycles. The number of ether oxygens (including phenoxy) is 2. The Morgan fingerprint density at radius 2 is 2.17 bits per heavy atom. The maximum atomic E-state index is 12.4. The van der Waals surface area contributed by atoms with Gasteiger partial charge in [-0.15, -0.1) is 0 Å². The van der Waals surface area contributed by atoms with Gasteiger partial charge in [-0.2, -0.15) is 0 Å². The summed E-state index contributed by atoms with van der Waals surface area (Å²) in [5, 5.41) is 6.95. The molecule has 1 aliphatic heterocycles. The minimum atomic E-state index is -0.259. The summed E-state index contributed by atoms with van der Waals surface area (Å²) in [5.74, 6) is 0.362. The van der Waals surface area contributed by atoms with E-state index in [9.17, 15) is 4.79 Å². The monoisotopic (exact) mass is 322 g/mol. The number of nitrogens with zero attached hydrogens (tertiary/aromatic N) is 1. The van der Waals surface area contributed by atoms with Gasteiger partial charge in [0.2, 0.25) is 0 Å². The Hall–Kier alpha value is -1.40. The molecule has 1 N–H and O–H groups in total. The molecular weight excluding hydrogens is 296 g/mol. The molecule has 1 aromatic rings. The molecule has 2 aliphatic rings. The SMILES string of the molecule is CC(C)(C)OCc1cc(C(=O)NC2CCOC23CCCC3)no1. The third-order valence-corrected chi connectivity index (χ3v) is 4.63. The van der Waals surface area contributed by atoms with Gasteiger partial charge in [-0.25, -0.2) is 0 Å². The van der Waals surface area contributed by atoms with Gasteiger partial charge in [0.25, 0.3) is 5.91 Å². The van der Waals surface area contributed by atoms with Crippen molar-refractivity contribution in [2.75, 3.05) is 6.61 Å². The van der Waals surface area contributed by atoms with Crippen molar-refractivity contribution in [3.05, 3.63) is 17.5 Å². The highest BCUT2D eigenvalue weighted by atomic mass is 16.5. The summed E-state index contributed by atoms with van der Waals surface area (Å²) in [4.78, 5) is 12.4. The fourth-order valence-electron chi connectivity index (χ4n) is 3.42. The molecule has 6 nitrogen and oxygen atoms in total. The number of carbonyl (C=O) groups is 1. The molecule has 3 rings (SSSR count). The molecule has 2 fully saturated rings. The lowest BCUT2D eigenvalue weighted by Crippen LogP contribution is -2.48. The minimum Gasteiger partial charge on any atom is -0.373 e. The number of hydrogen-bond donors (Lipinski definition) is 1. The number of rotatable bonds is 4. The maximum Gasteiger partial charge on any atom is 0.273 e. The highest BCUT2D eigenvalue weighted by Gasteiger charge is 2.47. The molecule has 2 heterocycles. The average molecular weight is 322 g/mol. The number of amides is 1. The first-order chi connectivity index (χ1) is 10.9. The van der Waals surface area contributed by atoms with Gasteiger partial charge in [0.05, 0.1) is 17.2 Å². The van der Waals surface area contributed by atoms with Crippen LogP contribution in [0.25, 0.3) is 0 Å². The summed E-state index contributed by atoms with van der Waals surface area (Å²) >= 11 is 0. The van der Waals surface area contributed by atoms with Crippen LogP contribution >= 0.6 is 0 Å². The van der Waals surface area contributed by atoms with Gasteiger partial charge in [0.1, 0.15) is 6.61 Å². The summed E-state index contributed by atoms with van der Waals surface area (Å²) < 4.78 is 16.8. The largest absolute Gasteiger partial charge is 0.373 e. The van der Waals surface area contributed by atoms with Crippen LogP contribution in [0.4, 0.5) is 0 Å². The maximum absolute atomic E-state index is 12.4. The van der Waals surface area contributed by atoms with Crippen molar-refractivity contribution < 1.29 is 18.8 Å². The third kappa shape index (κ3) is 3.75. The van der Waals surface area contributed by atoms with Crippen LogP contribution in [0, 0.1) is 0 Å². The summed E-state index contributed by atoms with van der Waals surface area (Å²) in [5.41, 5.74) is -0.111. The molecule has 128 valence electrons. The molecule has 1 atom stereocenters. The third-order valence-electron chi connectivity index (χ3n) is 4.63. The number of hydrogen-bond acceptors (Lipinski definition) is 5. The van der Waals surface area contributed by atoms with E-state index in [2.05, 4.69) is 10.5 Å². The van der Waals surface area contributed by atoms with E-state index < -0.39 is 0 Å². The predicted octanol–water partition coefficient (Wildman–Crippen LogP) is 2.82. The predicted molar refractivity (Wildman–Crippen MR) is 84.1 cm³/mol.